The maximum atomic E-state index is 14.3. The van der Waals surface area contributed by atoms with Crippen molar-refractivity contribution in [2.24, 2.45) is 0 Å². The highest BCUT2D eigenvalue weighted by Crippen LogP contribution is 2.60. The third-order valence-electron chi connectivity index (χ3n) is 6.23. The lowest BCUT2D eigenvalue weighted by atomic mass is 10.0. The van der Waals surface area contributed by atoms with Gasteiger partial charge in [-0.05, 0) is 44.5 Å². The first-order valence-electron chi connectivity index (χ1n) is 11.2. The molecule has 2 aliphatic heterocycles. The minimum absolute atomic E-state index is 0.0911. The van der Waals surface area contributed by atoms with Crippen LogP contribution in [0, 0.1) is 12.7 Å². The summed E-state index contributed by atoms with van der Waals surface area (Å²) >= 11 is 1.48. The molecule has 0 saturated carbocycles. The second-order valence-corrected chi connectivity index (χ2v) is 11.3. The van der Waals surface area contributed by atoms with Crippen molar-refractivity contribution in [1.29, 1.82) is 0 Å². The van der Waals surface area contributed by atoms with Gasteiger partial charge in [-0.15, -0.1) is 11.8 Å². The zero-order valence-electron chi connectivity index (χ0n) is 19.3. The predicted molar refractivity (Wildman–Crippen MR) is 134 cm³/mol. The lowest BCUT2D eigenvalue weighted by Gasteiger charge is -2.33. The minimum atomic E-state index is -1.23. The van der Waals surface area contributed by atoms with E-state index >= 15 is 0 Å². The Morgan fingerprint density at radius 1 is 1.06 bits per heavy atom. The zero-order valence-corrected chi connectivity index (χ0v) is 20.2. The van der Waals surface area contributed by atoms with Gasteiger partial charge in [0.25, 0.3) is 5.91 Å². The van der Waals surface area contributed by atoms with Crippen molar-refractivity contribution in [1.82, 2.24) is 4.90 Å². The first-order chi connectivity index (χ1) is 16.2. The van der Waals surface area contributed by atoms with Crippen LogP contribution in [0.2, 0.25) is 0 Å². The molecule has 1 N–H and O–H groups in total. The van der Waals surface area contributed by atoms with Gasteiger partial charge < -0.3 is 10.2 Å². The molecule has 2 aliphatic rings. The van der Waals surface area contributed by atoms with E-state index in [9.17, 15) is 14.0 Å². The summed E-state index contributed by atoms with van der Waals surface area (Å²) in [5.41, 5.74) is 3.70. The number of anilines is 2. The second-order valence-electron chi connectivity index (χ2n) is 9.40. The fourth-order valence-corrected chi connectivity index (χ4v) is 6.51. The minimum Gasteiger partial charge on any atom is -0.305 e. The van der Waals surface area contributed by atoms with Crippen LogP contribution in [0.15, 0.2) is 72.8 Å². The van der Waals surface area contributed by atoms with E-state index < -0.39 is 16.7 Å². The fourth-order valence-electron chi connectivity index (χ4n) is 4.79. The van der Waals surface area contributed by atoms with E-state index in [1.54, 1.807) is 21.9 Å². The van der Waals surface area contributed by atoms with Crippen molar-refractivity contribution in [3.63, 3.8) is 0 Å². The van der Waals surface area contributed by atoms with Crippen LogP contribution in [-0.4, -0.2) is 28.1 Å². The SMILES string of the molecule is Cc1ccc2c(c1)[C@]1(SC(C)(C)CN1C(=O)Nc1ccccc1F)C(=O)N2Cc1ccccc1. The number of hydrogen-bond acceptors (Lipinski definition) is 3. The van der Waals surface area contributed by atoms with Gasteiger partial charge in [0.05, 0.1) is 17.9 Å². The lowest BCUT2D eigenvalue weighted by molar-refractivity contribution is -0.123. The van der Waals surface area contributed by atoms with Crippen LogP contribution in [0.4, 0.5) is 20.6 Å². The Kier molecular flexibility index (Phi) is 5.40. The van der Waals surface area contributed by atoms with E-state index in [-0.39, 0.29) is 16.3 Å². The molecule has 0 unspecified atom stereocenters. The van der Waals surface area contributed by atoms with Crippen LogP contribution in [0.25, 0.3) is 0 Å². The predicted octanol–water partition coefficient (Wildman–Crippen LogP) is 5.89. The molecule has 3 aromatic rings. The van der Waals surface area contributed by atoms with Gasteiger partial charge in [0.1, 0.15) is 5.82 Å². The Morgan fingerprint density at radius 3 is 2.50 bits per heavy atom. The standard InChI is InChI=1S/C27H26FN3O2S/c1-18-13-14-23-20(15-18)27(24(32)30(23)16-19-9-5-4-6-10-19)31(17-26(2,3)34-27)25(33)29-22-12-8-7-11-21(22)28/h4-15H,16-17H2,1-3H3,(H,29,33)/t27-/m0/s1. The van der Waals surface area contributed by atoms with E-state index in [1.807, 2.05) is 69.3 Å². The van der Waals surface area contributed by atoms with Crippen molar-refractivity contribution in [2.75, 3.05) is 16.8 Å². The molecule has 0 aliphatic carbocycles. The van der Waals surface area contributed by atoms with Gasteiger partial charge in [-0.25, -0.2) is 9.18 Å². The number of benzene rings is 3. The van der Waals surface area contributed by atoms with Crippen LogP contribution in [0.5, 0.6) is 0 Å². The van der Waals surface area contributed by atoms with Crippen LogP contribution >= 0.6 is 11.8 Å². The summed E-state index contributed by atoms with van der Waals surface area (Å²) in [7, 11) is 0. The first-order valence-corrected chi connectivity index (χ1v) is 12.0. The average Bonchev–Trinajstić information content (AvgIpc) is 3.22. The molecule has 1 fully saturated rings. The third kappa shape index (κ3) is 3.64. The Morgan fingerprint density at radius 2 is 1.76 bits per heavy atom. The van der Waals surface area contributed by atoms with E-state index in [0.29, 0.717) is 13.1 Å². The lowest BCUT2D eigenvalue weighted by Crippen LogP contribution is -2.51. The molecule has 174 valence electrons. The van der Waals surface area contributed by atoms with Crippen molar-refractivity contribution in [3.05, 3.63) is 95.3 Å². The monoisotopic (exact) mass is 475 g/mol. The number of para-hydroxylation sites is 1. The Hall–Kier alpha value is -3.32. The molecule has 1 spiro atoms. The molecule has 2 heterocycles. The largest absolute Gasteiger partial charge is 0.323 e. The number of rotatable bonds is 3. The number of carbonyl (C=O) groups is 2. The highest BCUT2D eigenvalue weighted by molar-refractivity contribution is 8.02. The highest BCUT2D eigenvalue weighted by Gasteiger charge is 2.63. The molecule has 5 nitrogen and oxygen atoms in total. The van der Waals surface area contributed by atoms with Gasteiger partial charge in [-0.2, -0.15) is 0 Å². The number of nitrogens with one attached hydrogen (secondary N) is 1. The fraction of sp³-hybridized carbons (Fsp3) is 0.259. The Labute approximate surface area is 202 Å². The van der Waals surface area contributed by atoms with Crippen molar-refractivity contribution in [2.45, 2.75) is 36.9 Å². The number of halogens is 1. The van der Waals surface area contributed by atoms with Gasteiger partial charge in [0, 0.05) is 16.9 Å². The van der Waals surface area contributed by atoms with Gasteiger partial charge in [0.15, 0.2) is 4.87 Å². The molecule has 1 saturated heterocycles. The number of urea groups is 1. The molecule has 0 aromatic heterocycles. The van der Waals surface area contributed by atoms with Crippen molar-refractivity contribution < 1.29 is 14.0 Å². The van der Waals surface area contributed by atoms with E-state index in [1.165, 1.54) is 23.9 Å². The van der Waals surface area contributed by atoms with Crippen LogP contribution in [0.3, 0.4) is 0 Å². The summed E-state index contributed by atoms with van der Waals surface area (Å²) < 4.78 is 13.9. The summed E-state index contributed by atoms with van der Waals surface area (Å²) in [6, 6.07) is 21.3. The van der Waals surface area contributed by atoms with Crippen molar-refractivity contribution >= 4 is 35.1 Å². The van der Waals surface area contributed by atoms with Gasteiger partial charge in [-0.3, -0.25) is 9.69 Å². The van der Waals surface area contributed by atoms with Crippen LogP contribution in [-0.2, 0) is 16.2 Å². The summed E-state index contributed by atoms with van der Waals surface area (Å²) in [6.07, 6.45) is 0. The van der Waals surface area contributed by atoms with Gasteiger partial charge in [0.2, 0.25) is 0 Å². The van der Waals surface area contributed by atoms with Crippen LogP contribution < -0.4 is 10.2 Å². The Balaban J connectivity index is 1.60. The quantitative estimate of drug-likeness (QED) is 0.514. The molecule has 0 bridgehead atoms. The van der Waals surface area contributed by atoms with E-state index in [4.69, 9.17) is 0 Å². The smallest absolute Gasteiger partial charge is 0.305 e. The summed E-state index contributed by atoms with van der Waals surface area (Å²) in [4.78, 5) is 29.9. The van der Waals surface area contributed by atoms with E-state index in [0.717, 1.165) is 22.4 Å². The number of nitrogens with zero attached hydrogens (tertiary/aromatic N) is 2. The number of thioether (sulfide) groups is 1. The maximum Gasteiger partial charge on any atom is 0.323 e. The molecule has 1 atom stereocenters. The molecule has 3 aromatic carbocycles. The highest BCUT2D eigenvalue weighted by atomic mass is 32.2. The molecular weight excluding hydrogens is 449 g/mol. The summed E-state index contributed by atoms with van der Waals surface area (Å²) in [5, 5.41) is 2.70. The Bertz CT molecular complexity index is 1280. The van der Waals surface area contributed by atoms with Crippen LogP contribution in [0.1, 0.15) is 30.5 Å². The number of fused-ring (bicyclic) bond motifs is 2. The molecular formula is C27H26FN3O2S. The van der Waals surface area contributed by atoms with Crippen molar-refractivity contribution in [3.8, 4) is 0 Å². The molecule has 0 radical (unpaired) electrons. The topological polar surface area (TPSA) is 52.7 Å². The molecule has 7 heteroatoms. The average molecular weight is 476 g/mol. The molecule has 34 heavy (non-hydrogen) atoms. The number of amides is 3. The second kappa shape index (κ2) is 8.17. The van der Waals surface area contributed by atoms with Gasteiger partial charge in [-0.1, -0.05) is 60.2 Å². The zero-order chi connectivity index (χ0) is 24.1. The third-order valence-corrected chi connectivity index (χ3v) is 7.82. The maximum absolute atomic E-state index is 14.3. The number of aryl methyl sites for hydroxylation is 1. The number of carbonyl (C=O) groups excluding carboxylic acids is 2. The van der Waals surface area contributed by atoms with E-state index in [2.05, 4.69) is 5.32 Å². The summed E-state index contributed by atoms with van der Waals surface area (Å²) in [6.45, 7) is 6.78. The normalized spacial score (nSPS) is 20.6. The summed E-state index contributed by atoms with van der Waals surface area (Å²) in [5.74, 6) is -0.674. The van der Waals surface area contributed by atoms with Gasteiger partial charge >= 0.3 is 6.03 Å². The molecule has 5 rings (SSSR count). The number of hydrogen-bond donors (Lipinski definition) is 1. The molecule has 3 amide bonds. The first kappa shape index (κ1) is 22.5.